The highest BCUT2D eigenvalue weighted by Crippen LogP contribution is 2.36. The average molecular weight is 750 g/mol. The molecule has 55 heavy (non-hydrogen) atoms. The summed E-state index contributed by atoms with van der Waals surface area (Å²) >= 11 is 0. The normalized spacial score (nSPS) is 15.0. The summed E-state index contributed by atoms with van der Waals surface area (Å²) in [5.41, 5.74) is 3.21. The van der Waals surface area contributed by atoms with Crippen molar-refractivity contribution in [2.45, 2.75) is 84.4 Å². The minimum atomic E-state index is -1.09. The second-order valence-corrected chi connectivity index (χ2v) is 15.0. The van der Waals surface area contributed by atoms with Gasteiger partial charge in [0.05, 0.1) is 12.8 Å². The number of likely N-dealkylation sites (N-methyl/N-ethyl adjacent to an activating group) is 1. The molecule has 0 spiro atoms. The maximum Gasteiger partial charge on any atom is 0.408 e. The predicted molar refractivity (Wildman–Crippen MR) is 210 cm³/mol. The molecule has 1 aliphatic heterocycles. The maximum absolute atomic E-state index is 14.8. The van der Waals surface area contributed by atoms with Crippen molar-refractivity contribution in [1.82, 2.24) is 10.2 Å². The number of carbonyl (C=O) groups is 4. The number of hydrogen-bond donors (Lipinski definition) is 1. The molecular formula is C44H51N3O8. The minimum Gasteiger partial charge on any atom is -0.489 e. The molecule has 290 valence electrons. The fourth-order valence-electron chi connectivity index (χ4n) is 6.39. The number of methoxy groups -OCH3 is 1. The molecule has 11 nitrogen and oxygen atoms in total. The van der Waals surface area contributed by atoms with Crippen LogP contribution in [0.4, 0.5) is 10.5 Å². The number of benzene rings is 4. The molecule has 0 saturated heterocycles. The molecule has 3 amide bonds. The van der Waals surface area contributed by atoms with Gasteiger partial charge in [0.1, 0.15) is 48.4 Å². The van der Waals surface area contributed by atoms with E-state index in [0.29, 0.717) is 30.4 Å². The van der Waals surface area contributed by atoms with E-state index in [-0.39, 0.29) is 18.8 Å². The second-order valence-electron chi connectivity index (χ2n) is 15.0. The van der Waals surface area contributed by atoms with Crippen LogP contribution in [0.1, 0.15) is 56.9 Å². The standard InChI is InChI=1S/C44H51N3O8/c1-29(2)39(45-43(51)55-44(3,4)5)41(49)46(6)37-25-33-20-23-35(54-28-32-16-12-9-13-17-32)26-36(33)47(40(37)48)38(42(50)52-7)24-30-18-21-34(22-19-30)53-27-31-14-10-8-11-15-31/h8-23,26,29,37-39H,24-25,27-28H2,1-7H3,(H,45,51)/t37-,38-,39-/m0/s1. The van der Waals surface area contributed by atoms with Crippen LogP contribution >= 0.6 is 0 Å². The maximum atomic E-state index is 14.8. The molecule has 1 heterocycles. The highest BCUT2D eigenvalue weighted by Gasteiger charge is 2.44. The quantitative estimate of drug-likeness (QED) is 0.138. The van der Waals surface area contributed by atoms with E-state index in [1.807, 2.05) is 97.1 Å². The van der Waals surface area contributed by atoms with E-state index in [9.17, 15) is 19.2 Å². The third kappa shape index (κ3) is 10.6. The Balaban J connectivity index is 1.46. The molecule has 0 aromatic heterocycles. The summed E-state index contributed by atoms with van der Waals surface area (Å²) in [7, 11) is 2.83. The lowest BCUT2D eigenvalue weighted by Crippen LogP contribution is -2.61. The molecule has 5 rings (SSSR count). The smallest absolute Gasteiger partial charge is 0.408 e. The number of esters is 1. The first kappa shape index (κ1) is 40.3. The van der Waals surface area contributed by atoms with Crippen molar-refractivity contribution in [3.8, 4) is 11.5 Å². The molecule has 0 unspecified atom stereocenters. The second kappa shape index (κ2) is 18.0. The summed E-state index contributed by atoms with van der Waals surface area (Å²) in [5, 5.41) is 2.70. The zero-order valence-corrected chi connectivity index (χ0v) is 32.6. The highest BCUT2D eigenvalue weighted by molar-refractivity contribution is 6.06. The number of nitrogens with one attached hydrogen (secondary N) is 1. The number of amides is 3. The summed E-state index contributed by atoms with van der Waals surface area (Å²) in [5.74, 6) is -0.723. The van der Waals surface area contributed by atoms with Crippen molar-refractivity contribution in [2.75, 3.05) is 19.1 Å². The topological polar surface area (TPSA) is 124 Å². The third-order valence-corrected chi connectivity index (χ3v) is 9.31. The van der Waals surface area contributed by atoms with Crippen LogP contribution in [0.15, 0.2) is 103 Å². The SMILES string of the molecule is COC(=O)[C@H](Cc1ccc(OCc2ccccc2)cc1)N1C(=O)[C@@H](N(C)C(=O)[C@@H](NC(=O)OC(C)(C)C)C(C)C)Cc2ccc(OCc3ccccc3)cc21. The van der Waals surface area contributed by atoms with Gasteiger partial charge in [-0.15, -0.1) is 0 Å². The first-order valence-corrected chi connectivity index (χ1v) is 18.5. The lowest BCUT2D eigenvalue weighted by molar-refractivity contribution is -0.145. The van der Waals surface area contributed by atoms with Crippen LogP contribution in [0, 0.1) is 5.92 Å². The van der Waals surface area contributed by atoms with Gasteiger partial charge in [0.2, 0.25) is 5.91 Å². The Labute approximate surface area is 323 Å². The predicted octanol–water partition coefficient (Wildman–Crippen LogP) is 6.89. The zero-order chi connectivity index (χ0) is 39.7. The van der Waals surface area contributed by atoms with E-state index >= 15 is 0 Å². The number of hydrogen-bond acceptors (Lipinski definition) is 8. The van der Waals surface area contributed by atoms with Gasteiger partial charge in [-0.3, -0.25) is 14.5 Å². The van der Waals surface area contributed by atoms with Gasteiger partial charge in [-0.1, -0.05) is 92.7 Å². The summed E-state index contributed by atoms with van der Waals surface area (Å²) in [6, 6.07) is 29.2. The third-order valence-electron chi connectivity index (χ3n) is 9.31. The number of anilines is 1. The summed E-state index contributed by atoms with van der Waals surface area (Å²) < 4.78 is 22.9. The van der Waals surface area contributed by atoms with Crippen molar-refractivity contribution in [3.63, 3.8) is 0 Å². The Hall–Kier alpha value is -5.84. The fraction of sp³-hybridized carbons (Fsp3) is 0.364. The Morgan fingerprint density at radius 2 is 1.38 bits per heavy atom. The molecule has 0 fully saturated rings. The van der Waals surface area contributed by atoms with E-state index in [0.717, 1.165) is 22.3 Å². The summed E-state index contributed by atoms with van der Waals surface area (Å²) in [6.07, 6.45) is -0.449. The monoisotopic (exact) mass is 749 g/mol. The van der Waals surface area contributed by atoms with E-state index in [1.165, 1.54) is 16.9 Å². The van der Waals surface area contributed by atoms with Gasteiger partial charge in [-0.05, 0) is 67.1 Å². The van der Waals surface area contributed by atoms with Gasteiger partial charge in [0.15, 0.2) is 0 Å². The van der Waals surface area contributed by atoms with Crippen LogP contribution in [0.2, 0.25) is 0 Å². The van der Waals surface area contributed by atoms with E-state index in [2.05, 4.69) is 5.32 Å². The lowest BCUT2D eigenvalue weighted by Gasteiger charge is -2.42. The van der Waals surface area contributed by atoms with Gasteiger partial charge in [0.25, 0.3) is 5.91 Å². The minimum absolute atomic E-state index is 0.116. The first-order chi connectivity index (χ1) is 26.2. The number of nitrogens with zero attached hydrogens (tertiary/aromatic N) is 2. The van der Waals surface area contributed by atoms with Crippen LogP contribution in [0.5, 0.6) is 11.5 Å². The highest BCUT2D eigenvalue weighted by atomic mass is 16.6. The summed E-state index contributed by atoms with van der Waals surface area (Å²) in [4.78, 5) is 58.2. The molecule has 0 bridgehead atoms. The molecular weight excluding hydrogens is 698 g/mol. The van der Waals surface area contributed by atoms with Gasteiger partial charge in [-0.2, -0.15) is 0 Å². The molecule has 4 aromatic carbocycles. The number of alkyl carbamates (subject to hydrolysis) is 1. The van der Waals surface area contributed by atoms with Crippen LogP contribution in [-0.4, -0.2) is 66.7 Å². The van der Waals surface area contributed by atoms with Gasteiger partial charge >= 0.3 is 12.1 Å². The van der Waals surface area contributed by atoms with E-state index in [1.54, 1.807) is 47.7 Å². The van der Waals surface area contributed by atoms with E-state index in [4.69, 9.17) is 18.9 Å². The van der Waals surface area contributed by atoms with Crippen molar-refractivity contribution in [1.29, 1.82) is 0 Å². The van der Waals surface area contributed by atoms with Crippen molar-refractivity contribution < 1.29 is 38.1 Å². The van der Waals surface area contributed by atoms with Crippen molar-refractivity contribution in [3.05, 3.63) is 125 Å². The number of rotatable bonds is 14. The van der Waals surface area contributed by atoms with Crippen molar-refractivity contribution >= 4 is 29.6 Å². The van der Waals surface area contributed by atoms with Crippen LogP contribution in [0.3, 0.4) is 0 Å². The molecule has 0 saturated carbocycles. The Morgan fingerprint density at radius 3 is 1.93 bits per heavy atom. The molecule has 1 aliphatic rings. The average Bonchev–Trinajstić information content (AvgIpc) is 3.17. The molecule has 0 aliphatic carbocycles. The summed E-state index contributed by atoms with van der Waals surface area (Å²) in [6.45, 7) is 9.52. The van der Waals surface area contributed by atoms with E-state index < -0.39 is 47.6 Å². The first-order valence-electron chi connectivity index (χ1n) is 18.5. The number of fused-ring (bicyclic) bond motifs is 1. The molecule has 4 aromatic rings. The molecule has 1 N–H and O–H groups in total. The molecule has 3 atom stereocenters. The Kier molecular flexibility index (Phi) is 13.2. The van der Waals surface area contributed by atoms with Crippen LogP contribution in [-0.2, 0) is 49.9 Å². The fourth-order valence-corrected chi connectivity index (χ4v) is 6.39. The largest absolute Gasteiger partial charge is 0.489 e. The Bertz CT molecular complexity index is 1930. The van der Waals surface area contributed by atoms with Gasteiger partial charge in [-0.25, -0.2) is 9.59 Å². The zero-order valence-electron chi connectivity index (χ0n) is 32.6. The Morgan fingerprint density at radius 1 is 0.818 bits per heavy atom. The number of carbonyl (C=O) groups excluding carboxylic acids is 4. The van der Waals surface area contributed by atoms with Gasteiger partial charge < -0.3 is 29.2 Å². The lowest BCUT2D eigenvalue weighted by atomic mass is 9.92. The van der Waals surface area contributed by atoms with Crippen molar-refractivity contribution in [2.24, 2.45) is 5.92 Å². The molecule has 11 heteroatoms. The van der Waals surface area contributed by atoms with Crippen LogP contribution in [0.25, 0.3) is 0 Å². The van der Waals surface area contributed by atoms with Crippen LogP contribution < -0.4 is 19.7 Å². The molecule has 0 radical (unpaired) electrons. The van der Waals surface area contributed by atoms with Gasteiger partial charge in [0, 0.05) is 26.0 Å². The number of ether oxygens (including phenoxy) is 4.